The van der Waals surface area contributed by atoms with Gasteiger partial charge in [-0.25, -0.2) is 4.39 Å². The summed E-state index contributed by atoms with van der Waals surface area (Å²) >= 11 is 1.43. The number of allylic oxidation sites excluding steroid dienone is 1. The first-order chi connectivity index (χ1) is 14.4. The van der Waals surface area contributed by atoms with E-state index in [4.69, 9.17) is 0 Å². The molecule has 1 aromatic carbocycles. The van der Waals surface area contributed by atoms with Crippen LogP contribution >= 0.6 is 11.3 Å². The summed E-state index contributed by atoms with van der Waals surface area (Å²) in [6.45, 7) is 7.72. The maximum atomic E-state index is 14.9. The van der Waals surface area contributed by atoms with Crippen molar-refractivity contribution in [3.8, 4) is 10.7 Å². The first-order valence-electron chi connectivity index (χ1n) is 10.4. The minimum atomic E-state index is -1.55. The molecular formula is C23H27FN4OS. The number of carbonyl (C=O) groups excluding carboxylic acids is 1. The Hall–Kier alpha value is -2.54. The quantitative estimate of drug-likeness (QED) is 0.529. The maximum absolute atomic E-state index is 14.9. The van der Waals surface area contributed by atoms with Gasteiger partial charge < -0.3 is 9.88 Å². The van der Waals surface area contributed by atoms with E-state index in [-0.39, 0.29) is 18.4 Å². The third-order valence-electron chi connectivity index (χ3n) is 5.88. The number of hydrogen-bond donors (Lipinski definition) is 1. The molecule has 0 spiro atoms. The average molecular weight is 427 g/mol. The van der Waals surface area contributed by atoms with E-state index in [1.165, 1.54) is 24.3 Å². The van der Waals surface area contributed by atoms with Crippen molar-refractivity contribution in [1.29, 1.82) is 0 Å². The van der Waals surface area contributed by atoms with E-state index in [0.717, 1.165) is 57.9 Å². The van der Waals surface area contributed by atoms with Crippen LogP contribution in [0, 0.1) is 12.8 Å². The Morgan fingerprint density at radius 3 is 2.90 bits per heavy atom. The molecule has 1 amide bonds. The molecule has 7 heteroatoms. The number of amides is 1. The molecule has 0 saturated heterocycles. The molecule has 1 saturated carbocycles. The van der Waals surface area contributed by atoms with Crippen LogP contribution in [-0.4, -0.2) is 26.3 Å². The number of hydrogen-bond acceptors (Lipinski definition) is 4. The molecule has 30 heavy (non-hydrogen) atoms. The van der Waals surface area contributed by atoms with Gasteiger partial charge in [-0.1, -0.05) is 49.0 Å². The summed E-state index contributed by atoms with van der Waals surface area (Å²) in [5, 5.41) is 14.1. The molecule has 0 aliphatic heterocycles. The molecule has 158 valence electrons. The van der Waals surface area contributed by atoms with Crippen LogP contribution in [0.5, 0.6) is 0 Å². The number of aromatic nitrogens is 3. The highest BCUT2D eigenvalue weighted by molar-refractivity contribution is 7.14. The number of nitrogens with one attached hydrogen (secondary N) is 1. The fourth-order valence-electron chi connectivity index (χ4n) is 4.08. The predicted octanol–water partition coefficient (Wildman–Crippen LogP) is 5.19. The van der Waals surface area contributed by atoms with E-state index < -0.39 is 5.67 Å². The summed E-state index contributed by atoms with van der Waals surface area (Å²) in [6.07, 6.45) is 5.53. The van der Waals surface area contributed by atoms with Gasteiger partial charge in [-0.2, -0.15) is 0 Å². The number of halogens is 1. The lowest BCUT2D eigenvalue weighted by atomic mass is 10.1. The maximum Gasteiger partial charge on any atom is 0.223 e. The topological polar surface area (TPSA) is 59.8 Å². The number of nitrogens with zero attached hydrogens (tertiary/aromatic N) is 3. The van der Waals surface area contributed by atoms with Crippen molar-refractivity contribution in [2.24, 2.45) is 5.92 Å². The second-order valence-electron chi connectivity index (χ2n) is 8.31. The molecule has 1 aliphatic rings. The van der Waals surface area contributed by atoms with E-state index in [1.54, 1.807) is 0 Å². The lowest BCUT2D eigenvalue weighted by Crippen LogP contribution is -2.28. The van der Waals surface area contributed by atoms with E-state index >= 15 is 0 Å². The molecule has 0 bridgehead atoms. The summed E-state index contributed by atoms with van der Waals surface area (Å²) in [5.41, 5.74) is 1.37. The monoisotopic (exact) mass is 426 g/mol. The van der Waals surface area contributed by atoms with Crippen LogP contribution in [0.15, 0.2) is 36.9 Å². The third-order valence-corrected chi connectivity index (χ3v) is 6.83. The number of carbonyl (C=O) groups is 1. The second-order valence-corrected chi connectivity index (χ2v) is 9.37. The van der Waals surface area contributed by atoms with Gasteiger partial charge in [0.05, 0.1) is 18.8 Å². The molecule has 1 atom stereocenters. The van der Waals surface area contributed by atoms with Crippen molar-refractivity contribution < 1.29 is 9.18 Å². The minimum Gasteiger partial charge on any atom is -0.349 e. The first kappa shape index (κ1) is 20.7. The smallest absolute Gasteiger partial charge is 0.223 e. The van der Waals surface area contributed by atoms with Gasteiger partial charge in [-0.15, -0.1) is 10.2 Å². The Morgan fingerprint density at radius 2 is 2.17 bits per heavy atom. The number of aryl methyl sites for hydroxylation is 1. The molecule has 5 nitrogen and oxygen atoms in total. The van der Waals surface area contributed by atoms with Crippen molar-refractivity contribution in [3.63, 3.8) is 0 Å². The summed E-state index contributed by atoms with van der Waals surface area (Å²) in [6, 6.07) is 8.06. The zero-order valence-corrected chi connectivity index (χ0v) is 18.3. The van der Waals surface area contributed by atoms with Crippen LogP contribution in [0.25, 0.3) is 21.6 Å². The van der Waals surface area contributed by atoms with E-state index in [0.29, 0.717) is 6.54 Å². The molecule has 4 rings (SSSR count). The Labute approximate surface area is 180 Å². The van der Waals surface area contributed by atoms with Crippen molar-refractivity contribution in [2.75, 3.05) is 0 Å². The molecule has 2 aromatic heterocycles. The van der Waals surface area contributed by atoms with Crippen LogP contribution in [-0.2, 0) is 17.9 Å². The van der Waals surface area contributed by atoms with Crippen LogP contribution in [0.1, 0.15) is 43.2 Å². The number of rotatable bonds is 7. The van der Waals surface area contributed by atoms with Crippen molar-refractivity contribution in [3.05, 3.63) is 47.5 Å². The molecule has 0 radical (unpaired) electrons. The van der Waals surface area contributed by atoms with Crippen LogP contribution in [0.3, 0.4) is 0 Å². The highest BCUT2D eigenvalue weighted by atomic mass is 32.1. The summed E-state index contributed by atoms with van der Waals surface area (Å²) in [4.78, 5) is 12.3. The lowest BCUT2D eigenvalue weighted by Gasteiger charge is -2.19. The third kappa shape index (κ3) is 4.17. The van der Waals surface area contributed by atoms with Crippen molar-refractivity contribution in [2.45, 2.75) is 58.3 Å². The second kappa shape index (κ2) is 8.30. The van der Waals surface area contributed by atoms with E-state index in [1.807, 2.05) is 35.8 Å². The zero-order chi connectivity index (χ0) is 21.3. The van der Waals surface area contributed by atoms with Gasteiger partial charge in [0.2, 0.25) is 5.91 Å². The highest BCUT2D eigenvalue weighted by Crippen LogP contribution is 2.34. The van der Waals surface area contributed by atoms with Gasteiger partial charge in [-0.05, 0) is 44.4 Å². The molecule has 1 N–H and O–H groups in total. The Morgan fingerprint density at radius 1 is 1.40 bits per heavy atom. The molecule has 3 aromatic rings. The van der Waals surface area contributed by atoms with Crippen molar-refractivity contribution >= 4 is 28.1 Å². The average Bonchev–Trinajstić information content (AvgIpc) is 3.47. The number of fused-ring (bicyclic) bond motifs is 1. The highest BCUT2D eigenvalue weighted by Gasteiger charge is 2.25. The largest absolute Gasteiger partial charge is 0.349 e. The lowest BCUT2D eigenvalue weighted by molar-refractivity contribution is -0.124. The van der Waals surface area contributed by atoms with Gasteiger partial charge in [0.1, 0.15) is 10.7 Å². The Kier molecular flexibility index (Phi) is 5.73. The SMILES string of the molecule is C=CC(C)(F)Cn1c(-c2nnc(CNC(=O)C3CCCC3)s2)cc2c(C)cccc21. The van der Waals surface area contributed by atoms with Gasteiger partial charge >= 0.3 is 0 Å². The summed E-state index contributed by atoms with van der Waals surface area (Å²) < 4.78 is 16.8. The number of alkyl halides is 1. The Bertz CT molecular complexity index is 1080. The predicted molar refractivity (Wildman–Crippen MR) is 119 cm³/mol. The summed E-state index contributed by atoms with van der Waals surface area (Å²) in [5.74, 6) is 0.234. The van der Waals surface area contributed by atoms with Gasteiger partial charge in [0.25, 0.3) is 0 Å². The normalized spacial score (nSPS) is 16.6. The Balaban J connectivity index is 1.62. The van der Waals surface area contributed by atoms with Gasteiger partial charge in [0.15, 0.2) is 5.01 Å². The van der Waals surface area contributed by atoms with E-state index in [9.17, 15) is 9.18 Å². The number of benzene rings is 1. The van der Waals surface area contributed by atoms with Crippen LogP contribution in [0.2, 0.25) is 0 Å². The molecule has 2 heterocycles. The van der Waals surface area contributed by atoms with Gasteiger partial charge in [-0.3, -0.25) is 4.79 Å². The fraction of sp³-hybridized carbons (Fsp3) is 0.435. The zero-order valence-electron chi connectivity index (χ0n) is 17.4. The van der Waals surface area contributed by atoms with E-state index in [2.05, 4.69) is 22.1 Å². The fourth-order valence-corrected chi connectivity index (χ4v) is 4.88. The summed E-state index contributed by atoms with van der Waals surface area (Å²) in [7, 11) is 0. The molecule has 1 aliphatic carbocycles. The first-order valence-corrected chi connectivity index (χ1v) is 11.2. The van der Waals surface area contributed by atoms with Crippen molar-refractivity contribution in [1.82, 2.24) is 20.1 Å². The molecular weight excluding hydrogens is 399 g/mol. The molecule has 1 unspecified atom stereocenters. The molecule has 1 fully saturated rings. The van der Waals surface area contributed by atoms with Crippen LogP contribution < -0.4 is 5.32 Å². The standard InChI is InChI=1S/C23H27FN4OS/c1-4-23(3,24)14-28-18-11-7-8-15(2)17(18)12-19(28)22-27-26-20(30-22)13-25-21(29)16-9-5-6-10-16/h4,7-8,11-12,16H,1,5-6,9-10,13-14H2,2-3H3,(H,25,29). The van der Waals surface area contributed by atoms with Crippen LogP contribution in [0.4, 0.5) is 4.39 Å². The van der Waals surface area contributed by atoms with Gasteiger partial charge in [0, 0.05) is 16.8 Å². The minimum absolute atomic E-state index is 0.105.